The molecule has 2 rings (SSSR count). The van der Waals surface area contributed by atoms with Crippen LogP contribution >= 0.6 is 23.4 Å². The third-order valence-electron chi connectivity index (χ3n) is 3.02. The molecule has 0 bridgehead atoms. The Morgan fingerprint density at radius 1 is 1.48 bits per heavy atom. The SMILES string of the molecule is Cc1ccc(Cl)c(-n2c(C(C)C)cnc2SCC(=O)O)c1. The van der Waals surface area contributed by atoms with Crippen molar-refractivity contribution in [1.29, 1.82) is 0 Å². The number of nitrogens with zero attached hydrogens (tertiary/aromatic N) is 2. The summed E-state index contributed by atoms with van der Waals surface area (Å²) >= 11 is 7.52. The number of aryl methyl sites for hydroxylation is 1. The van der Waals surface area contributed by atoms with Crippen LogP contribution in [0, 0.1) is 6.92 Å². The molecule has 0 amide bonds. The van der Waals surface area contributed by atoms with Crippen molar-refractivity contribution in [2.75, 3.05) is 5.75 Å². The number of thioether (sulfide) groups is 1. The fraction of sp³-hybridized carbons (Fsp3) is 0.333. The second-order valence-corrected chi connectivity index (χ2v) is 6.44. The average molecular weight is 325 g/mol. The largest absolute Gasteiger partial charge is 0.481 e. The topological polar surface area (TPSA) is 55.1 Å². The molecule has 0 aliphatic carbocycles. The summed E-state index contributed by atoms with van der Waals surface area (Å²) in [5.41, 5.74) is 2.94. The van der Waals surface area contributed by atoms with E-state index in [1.807, 2.05) is 29.7 Å². The maximum atomic E-state index is 10.8. The molecular formula is C15H17ClN2O2S. The smallest absolute Gasteiger partial charge is 0.313 e. The first-order chi connectivity index (χ1) is 9.90. The van der Waals surface area contributed by atoms with Crippen LogP contribution in [0.1, 0.15) is 31.0 Å². The summed E-state index contributed by atoms with van der Waals surface area (Å²) in [4.78, 5) is 15.2. The van der Waals surface area contributed by atoms with E-state index < -0.39 is 5.97 Å². The van der Waals surface area contributed by atoms with Gasteiger partial charge in [-0.3, -0.25) is 9.36 Å². The molecule has 0 aliphatic heterocycles. The van der Waals surface area contributed by atoms with Gasteiger partial charge in [0.15, 0.2) is 5.16 Å². The third kappa shape index (κ3) is 3.60. The van der Waals surface area contributed by atoms with Gasteiger partial charge in [0, 0.05) is 5.69 Å². The van der Waals surface area contributed by atoms with Gasteiger partial charge in [0.1, 0.15) is 0 Å². The van der Waals surface area contributed by atoms with E-state index in [4.69, 9.17) is 16.7 Å². The number of benzene rings is 1. The molecule has 21 heavy (non-hydrogen) atoms. The number of halogens is 1. The fourth-order valence-corrected chi connectivity index (χ4v) is 2.93. The first kappa shape index (κ1) is 15.9. The lowest BCUT2D eigenvalue weighted by Crippen LogP contribution is -2.06. The number of aliphatic carboxylic acids is 1. The van der Waals surface area contributed by atoms with Crippen LogP contribution in [-0.4, -0.2) is 26.4 Å². The Balaban J connectivity index is 2.55. The Morgan fingerprint density at radius 3 is 2.81 bits per heavy atom. The van der Waals surface area contributed by atoms with Crippen LogP contribution in [0.4, 0.5) is 0 Å². The van der Waals surface area contributed by atoms with E-state index >= 15 is 0 Å². The molecule has 0 saturated carbocycles. The fourth-order valence-electron chi connectivity index (χ4n) is 2.02. The van der Waals surface area contributed by atoms with E-state index in [1.165, 1.54) is 11.8 Å². The molecule has 0 spiro atoms. The Hall–Kier alpha value is -1.46. The molecule has 4 nitrogen and oxygen atoms in total. The van der Waals surface area contributed by atoms with Crippen LogP contribution in [0.25, 0.3) is 5.69 Å². The van der Waals surface area contributed by atoms with Crippen molar-refractivity contribution < 1.29 is 9.90 Å². The Morgan fingerprint density at radius 2 is 2.19 bits per heavy atom. The molecule has 0 fully saturated rings. The van der Waals surface area contributed by atoms with Gasteiger partial charge in [0.25, 0.3) is 0 Å². The van der Waals surface area contributed by atoms with E-state index in [2.05, 4.69) is 18.8 Å². The van der Waals surface area contributed by atoms with Crippen molar-refractivity contribution in [1.82, 2.24) is 9.55 Å². The predicted octanol–water partition coefficient (Wildman–Crippen LogP) is 4.13. The van der Waals surface area contributed by atoms with Crippen molar-refractivity contribution >= 4 is 29.3 Å². The Bertz CT molecular complexity index is 668. The normalized spacial score (nSPS) is 11.1. The lowest BCUT2D eigenvalue weighted by Gasteiger charge is -2.15. The summed E-state index contributed by atoms with van der Waals surface area (Å²) in [5.74, 6) is -0.637. The Kier molecular flexibility index (Phi) is 4.96. The summed E-state index contributed by atoms with van der Waals surface area (Å²) < 4.78 is 1.95. The second kappa shape index (κ2) is 6.54. The van der Waals surface area contributed by atoms with E-state index in [1.54, 1.807) is 6.20 Å². The van der Waals surface area contributed by atoms with Crippen LogP contribution in [0.15, 0.2) is 29.6 Å². The molecular weight excluding hydrogens is 308 g/mol. The zero-order valence-corrected chi connectivity index (χ0v) is 13.7. The molecule has 112 valence electrons. The minimum absolute atomic E-state index is 0.0298. The number of imidazole rings is 1. The van der Waals surface area contributed by atoms with Gasteiger partial charge < -0.3 is 5.11 Å². The van der Waals surface area contributed by atoms with Crippen LogP contribution in [0.5, 0.6) is 0 Å². The molecule has 0 atom stereocenters. The highest BCUT2D eigenvalue weighted by Crippen LogP contribution is 2.31. The van der Waals surface area contributed by atoms with Gasteiger partial charge in [-0.25, -0.2) is 4.98 Å². The standard InChI is InChI=1S/C15H17ClN2O2S/c1-9(2)13-7-17-15(21-8-14(19)20)18(13)12-6-10(3)4-5-11(12)16/h4-7,9H,8H2,1-3H3,(H,19,20). The molecule has 0 saturated heterocycles. The molecule has 2 aromatic rings. The van der Waals surface area contributed by atoms with Gasteiger partial charge in [-0.1, -0.05) is 43.3 Å². The number of hydrogen-bond donors (Lipinski definition) is 1. The summed E-state index contributed by atoms with van der Waals surface area (Å²) in [7, 11) is 0. The van der Waals surface area contributed by atoms with Gasteiger partial charge >= 0.3 is 5.97 Å². The molecule has 0 radical (unpaired) electrons. The van der Waals surface area contributed by atoms with E-state index in [0.717, 1.165) is 16.9 Å². The minimum Gasteiger partial charge on any atom is -0.481 e. The zero-order valence-electron chi connectivity index (χ0n) is 12.1. The monoisotopic (exact) mass is 324 g/mol. The number of carbonyl (C=O) groups is 1. The molecule has 0 unspecified atom stereocenters. The lowest BCUT2D eigenvalue weighted by molar-refractivity contribution is -0.133. The highest BCUT2D eigenvalue weighted by Gasteiger charge is 2.17. The van der Waals surface area contributed by atoms with Gasteiger partial charge in [-0.2, -0.15) is 0 Å². The van der Waals surface area contributed by atoms with Crippen LogP contribution < -0.4 is 0 Å². The first-order valence-corrected chi connectivity index (χ1v) is 7.95. The molecule has 1 aromatic heterocycles. The number of rotatable bonds is 5. The van der Waals surface area contributed by atoms with Crippen molar-refractivity contribution in [2.24, 2.45) is 0 Å². The van der Waals surface area contributed by atoms with Crippen LogP contribution in [-0.2, 0) is 4.79 Å². The van der Waals surface area contributed by atoms with Gasteiger partial charge in [0.2, 0.25) is 0 Å². The number of aromatic nitrogens is 2. The maximum absolute atomic E-state index is 10.8. The number of carboxylic acids is 1. The summed E-state index contributed by atoms with van der Waals surface area (Å²) in [5, 5.41) is 10.1. The van der Waals surface area contributed by atoms with Crippen molar-refractivity contribution in [3.05, 3.63) is 40.7 Å². The maximum Gasteiger partial charge on any atom is 0.313 e. The summed E-state index contributed by atoms with van der Waals surface area (Å²) in [6.45, 7) is 6.14. The number of carboxylic acid groups (broad SMARTS) is 1. The summed E-state index contributed by atoms with van der Waals surface area (Å²) in [6, 6.07) is 5.78. The molecule has 1 heterocycles. The Labute approximate surface area is 133 Å². The highest BCUT2D eigenvalue weighted by molar-refractivity contribution is 7.99. The molecule has 1 N–H and O–H groups in total. The van der Waals surface area contributed by atoms with Crippen molar-refractivity contribution in [2.45, 2.75) is 31.8 Å². The zero-order chi connectivity index (χ0) is 15.6. The van der Waals surface area contributed by atoms with Crippen molar-refractivity contribution in [3.8, 4) is 5.69 Å². The third-order valence-corrected chi connectivity index (χ3v) is 4.27. The van der Waals surface area contributed by atoms with Gasteiger partial charge in [-0.05, 0) is 30.5 Å². The molecule has 0 aliphatic rings. The molecule has 1 aromatic carbocycles. The second-order valence-electron chi connectivity index (χ2n) is 5.09. The van der Waals surface area contributed by atoms with Gasteiger partial charge in [0.05, 0.1) is 22.7 Å². The first-order valence-electron chi connectivity index (χ1n) is 6.59. The van der Waals surface area contributed by atoms with E-state index in [9.17, 15) is 4.79 Å². The number of hydrogen-bond acceptors (Lipinski definition) is 3. The predicted molar refractivity (Wildman–Crippen MR) is 85.8 cm³/mol. The lowest BCUT2D eigenvalue weighted by atomic mass is 10.1. The molecule has 6 heteroatoms. The summed E-state index contributed by atoms with van der Waals surface area (Å²) in [6.07, 6.45) is 1.79. The van der Waals surface area contributed by atoms with Crippen LogP contribution in [0.3, 0.4) is 0 Å². The van der Waals surface area contributed by atoms with Gasteiger partial charge in [-0.15, -0.1) is 0 Å². The average Bonchev–Trinajstić information content (AvgIpc) is 2.83. The minimum atomic E-state index is -0.865. The van der Waals surface area contributed by atoms with Crippen LogP contribution in [0.2, 0.25) is 5.02 Å². The van der Waals surface area contributed by atoms with Crippen molar-refractivity contribution in [3.63, 3.8) is 0 Å². The highest BCUT2D eigenvalue weighted by atomic mass is 35.5. The van der Waals surface area contributed by atoms with E-state index in [-0.39, 0.29) is 11.7 Å². The van der Waals surface area contributed by atoms with E-state index in [0.29, 0.717) is 10.2 Å². The quantitative estimate of drug-likeness (QED) is 0.840.